The van der Waals surface area contributed by atoms with Gasteiger partial charge in [0.25, 0.3) is 0 Å². The number of aromatic nitrogens is 1. The second kappa shape index (κ2) is 5.83. The average molecular weight is 282 g/mol. The first-order valence-electron chi connectivity index (χ1n) is 5.83. The summed E-state index contributed by atoms with van der Waals surface area (Å²) in [6.45, 7) is 4.79. The van der Waals surface area contributed by atoms with Gasteiger partial charge in [0.1, 0.15) is 6.61 Å². The lowest BCUT2D eigenvalue weighted by Crippen LogP contribution is -2.29. The van der Waals surface area contributed by atoms with E-state index in [1.54, 1.807) is 4.90 Å². The number of carboxylic acid groups (broad SMARTS) is 1. The maximum absolute atomic E-state index is 11.6. The molecular weight excluding hydrogens is 268 g/mol. The molecule has 6 nitrogen and oxygen atoms in total. The van der Waals surface area contributed by atoms with E-state index in [1.165, 1.54) is 22.8 Å². The van der Waals surface area contributed by atoms with Gasteiger partial charge in [-0.25, -0.2) is 14.6 Å². The molecule has 0 aromatic carbocycles. The van der Waals surface area contributed by atoms with Gasteiger partial charge in [-0.3, -0.25) is 0 Å². The Morgan fingerprint density at radius 3 is 3.11 bits per heavy atom. The number of carboxylic acids is 1. The van der Waals surface area contributed by atoms with Crippen molar-refractivity contribution in [1.82, 2.24) is 9.88 Å². The predicted molar refractivity (Wildman–Crippen MR) is 69.5 cm³/mol. The Morgan fingerprint density at radius 2 is 2.47 bits per heavy atom. The van der Waals surface area contributed by atoms with Gasteiger partial charge in [0.2, 0.25) is 0 Å². The standard InChI is InChI=1S/C12H14N2O4S/c1-2-5-18-12(17)14-4-3-8(6-14)10-13-9(7-19-10)11(15)16/h2,7-8H,1,3-6H2,(H,15,16). The monoisotopic (exact) mass is 282 g/mol. The van der Waals surface area contributed by atoms with E-state index in [0.29, 0.717) is 13.1 Å². The smallest absolute Gasteiger partial charge is 0.410 e. The van der Waals surface area contributed by atoms with Crippen LogP contribution in [0.3, 0.4) is 0 Å². The number of hydrogen-bond donors (Lipinski definition) is 1. The highest BCUT2D eigenvalue weighted by atomic mass is 32.1. The molecule has 102 valence electrons. The highest BCUT2D eigenvalue weighted by molar-refractivity contribution is 7.09. The summed E-state index contributed by atoms with van der Waals surface area (Å²) in [7, 11) is 0. The lowest BCUT2D eigenvalue weighted by atomic mass is 10.1. The zero-order chi connectivity index (χ0) is 13.8. The van der Waals surface area contributed by atoms with Crippen LogP contribution in [0.1, 0.15) is 27.8 Å². The topological polar surface area (TPSA) is 79.7 Å². The van der Waals surface area contributed by atoms with Crippen molar-refractivity contribution < 1.29 is 19.4 Å². The highest BCUT2D eigenvalue weighted by Crippen LogP contribution is 2.29. The molecule has 1 atom stereocenters. The summed E-state index contributed by atoms with van der Waals surface area (Å²) >= 11 is 1.32. The van der Waals surface area contributed by atoms with Crippen LogP contribution in [-0.4, -0.2) is 46.7 Å². The van der Waals surface area contributed by atoms with Crippen LogP contribution in [-0.2, 0) is 4.74 Å². The highest BCUT2D eigenvalue weighted by Gasteiger charge is 2.30. The Labute approximate surface area is 114 Å². The largest absolute Gasteiger partial charge is 0.476 e. The van der Waals surface area contributed by atoms with Gasteiger partial charge in [0, 0.05) is 24.4 Å². The molecule has 1 N–H and O–H groups in total. The van der Waals surface area contributed by atoms with Crippen molar-refractivity contribution >= 4 is 23.4 Å². The van der Waals surface area contributed by atoms with Crippen molar-refractivity contribution in [2.24, 2.45) is 0 Å². The molecule has 1 aliphatic heterocycles. The number of rotatable bonds is 4. The van der Waals surface area contributed by atoms with Crippen LogP contribution in [0.15, 0.2) is 18.0 Å². The number of hydrogen-bond acceptors (Lipinski definition) is 5. The predicted octanol–water partition coefficient (Wildman–Crippen LogP) is 1.95. The van der Waals surface area contributed by atoms with Gasteiger partial charge in [-0.2, -0.15) is 0 Å². The van der Waals surface area contributed by atoms with Crippen molar-refractivity contribution in [3.05, 3.63) is 28.7 Å². The molecule has 1 fully saturated rings. The number of ether oxygens (including phenoxy) is 1. The summed E-state index contributed by atoms with van der Waals surface area (Å²) in [5, 5.41) is 11.1. The molecule has 1 unspecified atom stereocenters. The lowest BCUT2D eigenvalue weighted by molar-refractivity contribution is 0.0691. The average Bonchev–Trinajstić information content (AvgIpc) is 3.03. The summed E-state index contributed by atoms with van der Waals surface area (Å²) < 4.78 is 4.96. The summed E-state index contributed by atoms with van der Waals surface area (Å²) in [6, 6.07) is 0. The molecule has 7 heteroatoms. The SMILES string of the molecule is C=CCOC(=O)N1CCC(c2nc(C(=O)O)cs2)C1. The molecular formula is C12H14N2O4S. The maximum Gasteiger partial charge on any atom is 0.410 e. The number of thiazole rings is 1. The van der Waals surface area contributed by atoms with Crippen LogP contribution in [0.2, 0.25) is 0 Å². The first-order valence-corrected chi connectivity index (χ1v) is 6.71. The van der Waals surface area contributed by atoms with E-state index in [0.717, 1.165) is 11.4 Å². The van der Waals surface area contributed by atoms with Gasteiger partial charge in [0.15, 0.2) is 5.69 Å². The van der Waals surface area contributed by atoms with E-state index >= 15 is 0 Å². The Bertz CT molecular complexity index is 500. The molecule has 1 amide bonds. The van der Waals surface area contributed by atoms with E-state index in [1.807, 2.05) is 0 Å². The normalized spacial score (nSPS) is 18.3. The van der Waals surface area contributed by atoms with Gasteiger partial charge < -0.3 is 14.7 Å². The molecule has 0 aliphatic carbocycles. The minimum atomic E-state index is -1.03. The minimum Gasteiger partial charge on any atom is -0.476 e. The maximum atomic E-state index is 11.6. The Balaban J connectivity index is 1.95. The quantitative estimate of drug-likeness (QED) is 0.854. The van der Waals surface area contributed by atoms with Crippen molar-refractivity contribution in [1.29, 1.82) is 0 Å². The van der Waals surface area contributed by atoms with Crippen LogP contribution < -0.4 is 0 Å². The van der Waals surface area contributed by atoms with E-state index in [9.17, 15) is 9.59 Å². The molecule has 1 saturated heterocycles. The number of carbonyl (C=O) groups is 2. The van der Waals surface area contributed by atoms with Gasteiger partial charge >= 0.3 is 12.1 Å². The molecule has 0 saturated carbocycles. The molecule has 0 bridgehead atoms. The zero-order valence-electron chi connectivity index (χ0n) is 10.2. The number of nitrogens with zero attached hydrogens (tertiary/aromatic N) is 2. The number of likely N-dealkylation sites (tertiary alicyclic amines) is 1. The van der Waals surface area contributed by atoms with Crippen molar-refractivity contribution in [2.75, 3.05) is 19.7 Å². The third kappa shape index (κ3) is 3.11. The van der Waals surface area contributed by atoms with Gasteiger partial charge in [0.05, 0.1) is 5.01 Å². The number of carbonyl (C=O) groups excluding carboxylic acids is 1. The zero-order valence-corrected chi connectivity index (χ0v) is 11.1. The van der Waals surface area contributed by atoms with Gasteiger partial charge in [-0.05, 0) is 6.42 Å². The summed E-state index contributed by atoms with van der Waals surface area (Å²) in [5.41, 5.74) is 0.0627. The van der Waals surface area contributed by atoms with Crippen molar-refractivity contribution in [2.45, 2.75) is 12.3 Å². The van der Waals surface area contributed by atoms with Crippen LogP contribution in [0.4, 0.5) is 4.79 Å². The van der Waals surface area contributed by atoms with E-state index < -0.39 is 5.97 Å². The fourth-order valence-corrected chi connectivity index (χ4v) is 2.84. The summed E-state index contributed by atoms with van der Waals surface area (Å²) in [6.07, 6.45) is 1.93. The Hall–Kier alpha value is -1.89. The second-order valence-corrected chi connectivity index (χ2v) is 5.06. The molecule has 1 aliphatic rings. The molecule has 19 heavy (non-hydrogen) atoms. The molecule has 0 radical (unpaired) electrons. The third-order valence-corrected chi connectivity index (χ3v) is 3.87. The summed E-state index contributed by atoms with van der Waals surface area (Å²) in [5.74, 6) is -0.933. The van der Waals surface area contributed by atoms with Crippen LogP contribution in [0.25, 0.3) is 0 Å². The fourth-order valence-electron chi connectivity index (χ4n) is 1.92. The minimum absolute atomic E-state index is 0.0627. The Kier molecular flexibility index (Phi) is 4.16. The van der Waals surface area contributed by atoms with Crippen LogP contribution in [0.5, 0.6) is 0 Å². The van der Waals surface area contributed by atoms with E-state index in [2.05, 4.69) is 11.6 Å². The second-order valence-electron chi connectivity index (χ2n) is 4.17. The molecule has 1 aromatic heterocycles. The molecule has 1 aromatic rings. The molecule has 2 rings (SSSR count). The third-order valence-electron chi connectivity index (χ3n) is 2.86. The van der Waals surface area contributed by atoms with Crippen molar-refractivity contribution in [3.63, 3.8) is 0 Å². The number of amides is 1. The molecule has 0 spiro atoms. The summed E-state index contributed by atoms with van der Waals surface area (Å²) in [4.78, 5) is 28.1. The van der Waals surface area contributed by atoms with Crippen LogP contribution >= 0.6 is 11.3 Å². The van der Waals surface area contributed by atoms with E-state index in [4.69, 9.17) is 9.84 Å². The van der Waals surface area contributed by atoms with Crippen LogP contribution in [0, 0.1) is 0 Å². The number of aromatic carboxylic acids is 1. The first-order chi connectivity index (χ1) is 9.11. The molecule has 2 heterocycles. The van der Waals surface area contributed by atoms with Gasteiger partial charge in [-0.1, -0.05) is 12.7 Å². The fraction of sp³-hybridized carbons (Fsp3) is 0.417. The van der Waals surface area contributed by atoms with Crippen molar-refractivity contribution in [3.8, 4) is 0 Å². The van der Waals surface area contributed by atoms with E-state index in [-0.39, 0.29) is 24.3 Å². The first kappa shape index (κ1) is 13.5. The Morgan fingerprint density at radius 1 is 1.68 bits per heavy atom. The van der Waals surface area contributed by atoms with Gasteiger partial charge in [-0.15, -0.1) is 11.3 Å². The lowest BCUT2D eigenvalue weighted by Gasteiger charge is -2.14.